The van der Waals surface area contributed by atoms with Crippen molar-refractivity contribution in [2.24, 2.45) is 11.6 Å². The van der Waals surface area contributed by atoms with E-state index in [4.69, 9.17) is 11.6 Å². The molecule has 7 heteroatoms. The fourth-order valence-electron chi connectivity index (χ4n) is 2.28. The number of likely N-dealkylation sites (tertiary alicyclic amines) is 1. The second-order valence-corrected chi connectivity index (χ2v) is 5.20. The lowest BCUT2D eigenvalue weighted by Gasteiger charge is -2.21. The zero-order chi connectivity index (χ0) is 13.1. The van der Waals surface area contributed by atoms with E-state index in [2.05, 4.69) is 5.43 Å². The molecule has 1 saturated heterocycles. The van der Waals surface area contributed by atoms with Crippen molar-refractivity contribution in [2.75, 3.05) is 6.54 Å². The van der Waals surface area contributed by atoms with Crippen LogP contribution >= 0.6 is 11.3 Å². The largest absolute Gasteiger partial charge is 0.368 e. The van der Waals surface area contributed by atoms with Crippen molar-refractivity contribution in [3.63, 3.8) is 0 Å². The molecule has 2 heterocycles. The molecule has 0 radical (unpaired) electrons. The fourth-order valence-corrected chi connectivity index (χ4v) is 3.10. The van der Waals surface area contributed by atoms with E-state index in [0.717, 1.165) is 24.9 Å². The maximum Gasteiger partial charge on any atom is 0.275 e. The average molecular weight is 268 g/mol. The molecule has 2 amide bonds. The first-order valence-electron chi connectivity index (χ1n) is 5.74. The minimum absolute atomic E-state index is 0.223. The Morgan fingerprint density at radius 1 is 1.56 bits per heavy atom. The number of nitrogens with zero attached hydrogens (tertiary/aromatic N) is 1. The highest BCUT2D eigenvalue weighted by Gasteiger charge is 2.29. The van der Waals surface area contributed by atoms with Crippen LogP contribution in [0.4, 0.5) is 0 Å². The molecule has 2 rings (SSSR count). The number of thiophene rings is 1. The number of hydrogen-bond donors (Lipinski definition) is 3. The van der Waals surface area contributed by atoms with Gasteiger partial charge in [-0.2, -0.15) is 0 Å². The summed E-state index contributed by atoms with van der Waals surface area (Å²) in [6.45, 7) is 1.38. The number of nitrogens with one attached hydrogen (secondary N) is 1. The molecule has 0 spiro atoms. The third kappa shape index (κ3) is 2.53. The van der Waals surface area contributed by atoms with Crippen LogP contribution in [-0.4, -0.2) is 29.3 Å². The number of nitrogens with two attached hydrogens (primary N) is 2. The molecule has 18 heavy (non-hydrogen) atoms. The van der Waals surface area contributed by atoms with Crippen molar-refractivity contribution >= 4 is 23.2 Å². The smallest absolute Gasteiger partial charge is 0.275 e. The number of carbonyl (C=O) groups is 2. The first kappa shape index (κ1) is 13.0. The Hall–Kier alpha value is -1.44. The Kier molecular flexibility index (Phi) is 3.95. The second kappa shape index (κ2) is 5.47. The molecule has 1 atom stereocenters. The molecule has 0 bridgehead atoms. The molecule has 0 aliphatic carbocycles. The summed E-state index contributed by atoms with van der Waals surface area (Å²) in [7, 11) is 0. The summed E-state index contributed by atoms with van der Waals surface area (Å²) in [5, 5.41) is 1.84. The van der Waals surface area contributed by atoms with Gasteiger partial charge < -0.3 is 5.73 Å². The topological polar surface area (TPSA) is 101 Å². The van der Waals surface area contributed by atoms with Crippen molar-refractivity contribution in [2.45, 2.75) is 25.4 Å². The molecule has 1 aromatic rings. The number of primary amides is 1. The standard InChI is InChI=1S/C11H16N4O2S/c12-10(16)8-2-1-4-15(8)6-7-3-5-18-9(7)11(17)14-13/h3,5,8H,1-2,4,6,13H2,(H2,12,16)(H,14,17). The summed E-state index contributed by atoms with van der Waals surface area (Å²) in [5.74, 6) is 4.54. The van der Waals surface area contributed by atoms with Gasteiger partial charge in [0.05, 0.1) is 10.9 Å². The van der Waals surface area contributed by atoms with E-state index >= 15 is 0 Å². The molecule has 6 nitrogen and oxygen atoms in total. The van der Waals surface area contributed by atoms with Crippen molar-refractivity contribution in [1.29, 1.82) is 0 Å². The van der Waals surface area contributed by atoms with Gasteiger partial charge in [0.2, 0.25) is 5.91 Å². The summed E-state index contributed by atoms with van der Waals surface area (Å²) in [6, 6.07) is 1.66. The van der Waals surface area contributed by atoms with Crippen LogP contribution in [0.25, 0.3) is 0 Å². The van der Waals surface area contributed by atoms with Gasteiger partial charge in [-0.15, -0.1) is 11.3 Å². The van der Waals surface area contributed by atoms with Crippen LogP contribution in [0.15, 0.2) is 11.4 Å². The van der Waals surface area contributed by atoms with Crippen LogP contribution in [-0.2, 0) is 11.3 Å². The quantitative estimate of drug-likeness (QED) is 0.400. The Labute approximate surface area is 109 Å². The molecule has 0 aromatic carbocycles. The van der Waals surface area contributed by atoms with E-state index in [1.165, 1.54) is 11.3 Å². The molecule has 1 fully saturated rings. The molecular weight excluding hydrogens is 252 g/mol. The van der Waals surface area contributed by atoms with Crippen molar-refractivity contribution in [3.8, 4) is 0 Å². The Balaban J connectivity index is 2.12. The molecule has 1 aromatic heterocycles. The minimum Gasteiger partial charge on any atom is -0.368 e. The summed E-state index contributed by atoms with van der Waals surface area (Å²) in [6.07, 6.45) is 1.74. The van der Waals surface area contributed by atoms with Gasteiger partial charge in [-0.25, -0.2) is 5.84 Å². The third-order valence-corrected chi connectivity index (χ3v) is 4.11. The molecule has 1 aliphatic heterocycles. The predicted octanol–water partition coefficient (Wildman–Crippen LogP) is -0.199. The summed E-state index contributed by atoms with van der Waals surface area (Å²) >= 11 is 1.34. The van der Waals surface area contributed by atoms with E-state index in [9.17, 15) is 9.59 Å². The zero-order valence-electron chi connectivity index (χ0n) is 9.89. The average Bonchev–Trinajstić information content (AvgIpc) is 2.97. The summed E-state index contributed by atoms with van der Waals surface area (Å²) in [5.41, 5.74) is 8.38. The predicted molar refractivity (Wildman–Crippen MR) is 68.6 cm³/mol. The normalized spacial score (nSPS) is 19.9. The molecule has 5 N–H and O–H groups in total. The van der Waals surface area contributed by atoms with Gasteiger partial charge in [-0.05, 0) is 36.4 Å². The molecule has 98 valence electrons. The second-order valence-electron chi connectivity index (χ2n) is 4.28. The van der Waals surface area contributed by atoms with Crippen LogP contribution in [0.5, 0.6) is 0 Å². The number of amides is 2. The first-order chi connectivity index (χ1) is 8.63. The SMILES string of the molecule is NNC(=O)c1sccc1CN1CCCC1C(N)=O. The lowest BCUT2D eigenvalue weighted by molar-refractivity contribution is -0.122. The van der Waals surface area contributed by atoms with Gasteiger partial charge in [0, 0.05) is 6.54 Å². The van der Waals surface area contributed by atoms with Crippen LogP contribution in [0.1, 0.15) is 28.1 Å². The van der Waals surface area contributed by atoms with Gasteiger partial charge in [-0.3, -0.25) is 19.9 Å². The maximum absolute atomic E-state index is 11.5. The maximum atomic E-state index is 11.5. The first-order valence-corrected chi connectivity index (χ1v) is 6.62. The molecule has 1 unspecified atom stereocenters. The van der Waals surface area contributed by atoms with Gasteiger partial charge >= 0.3 is 0 Å². The van der Waals surface area contributed by atoms with Crippen molar-refractivity contribution in [1.82, 2.24) is 10.3 Å². The highest BCUT2D eigenvalue weighted by Crippen LogP contribution is 2.24. The molecule has 1 aliphatic rings. The van der Waals surface area contributed by atoms with Gasteiger partial charge in [0.25, 0.3) is 5.91 Å². The third-order valence-electron chi connectivity index (χ3n) is 3.15. The fraction of sp³-hybridized carbons (Fsp3) is 0.455. The van der Waals surface area contributed by atoms with Crippen molar-refractivity contribution < 1.29 is 9.59 Å². The number of hydrazine groups is 1. The summed E-state index contributed by atoms with van der Waals surface area (Å²) in [4.78, 5) is 25.5. The lowest BCUT2D eigenvalue weighted by atomic mass is 10.2. The van der Waals surface area contributed by atoms with Crippen LogP contribution in [0, 0.1) is 0 Å². The number of hydrogen-bond acceptors (Lipinski definition) is 5. The van der Waals surface area contributed by atoms with E-state index in [1.807, 2.05) is 16.3 Å². The Morgan fingerprint density at radius 3 is 3.00 bits per heavy atom. The highest BCUT2D eigenvalue weighted by atomic mass is 32.1. The monoisotopic (exact) mass is 268 g/mol. The Morgan fingerprint density at radius 2 is 2.33 bits per heavy atom. The van der Waals surface area contributed by atoms with E-state index in [-0.39, 0.29) is 17.9 Å². The number of carbonyl (C=O) groups excluding carboxylic acids is 2. The summed E-state index contributed by atoms with van der Waals surface area (Å²) < 4.78 is 0. The van der Waals surface area contributed by atoms with E-state index in [0.29, 0.717) is 11.4 Å². The Bertz CT molecular complexity index is 460. The highest BCUT2D eigenvalue weighted by molar-refractivity contribution is 7.12. The number of nitrogen functional groups attached to an aromatic ring is 1. The van der Waals surface area contributed by atoms with Crippen molar-refractivity contribution in [3.05, 3.63) is 21.9 Å². The van der Waals surface area contributed by atoms with E-state index in [1.54, 1.807) is 0 Å². The van der Waals surface area contributed by atoms with E-state index < -0.39 is 0 Å². The number of rotatable bonds is 4. The van der Waals surface area contributed by atoms with Crippen LogP contribution in [0.3, 0.4) is 0 Å². The molecule has 0 saturated carbocycles. The lowest BCUT2D eigenvalue weighted by Crippen LogP contribution is -2.40. The van der Waals surface area contributed by atoms with Gasteiger partial charge in [0.15, 0.2) is 0 Å². The van der Waals surface area contributed by atoms with Crippen LogP contribution < -0.4 is 17.0 Å². The van der Waals surface area contributed by atoms with Crippen LogP contribution in [0.2, 0.25) is 0 Å². The zero-order valence-corrected chi connectivity index (χ0v) is 10.7. The van der Waals surface area contributed by atoms with Gasteiger partial charge in [-0.1, -0.05) is 0 Å². The van der Waals surface area contributed by atoms with Gasteiger partial charge in [0.1, 0.15) is 0 Å². The minimum atomic E-state index is -0.299. The molecular formula is C11H16N4O2S.